The predicted molar refractivity (Wildman–Crippen MR) is 200 cm³/mol. The first-order valence-electron chi connectivity index (χ1n) is 16.5. The molecule has 0 aliphatic carbocycles. The third-order valence-electron chi connectivity index (χ3n) is 8.98. The number of carbonyl (C=O) groups is 1. The number of para-hydroxylation sites is 1. The molecule has 0 aliphatic heterocycles. The lowest BCUT2D eigenvalue weighted by Crippen LogP contribution is -2.28. The second-order valence-electron chi connectivity index (χ2n) is 12.3. The fourth-order valence-electron chi connectivity index (χ4n) is 6.69. The molecule has 0 spiro atoms. The number of nitro groups is 1. The first-order valence-corrected chi connectivity index (χ1v) is 18.6. The van der Waals surface area contributed by atoms with Crippen molar-refractivity contribution >= 4 is 44.2 Å². The number of aromatic carboxylic acids is 1. The van der Waals surface area contributed by atoms with Crippen LogP contribution in [0.2, 0.25) is 5.02 Å². The Bertz CT molecular complexity index is 2240. The van der Waals surface area contributed by atoms with Gasteiger partial charge in [0.15, 0.2) is 0 Å². The van der Waals surface area contributed by atoms with E-state index in [1.165, 1.54) is 18.2 Å². The van der Waals surface area contributed by atoms with E-state index in [9.17, 15) is 28.4 Å². The van der Waals surface area contributed by atoms with Gasteiger partial charge in [0.1, 0.15) is 0 Å². The number of carboxylic acid groups (broad SMARTS) is 1. The van der Waals surface area contributed by atoms with E-state index < -0.39 is 26.7 Å². The van der Waals surface area contributed by atoms with Gasteiger partial charge in [0.05, 0.1) is 22.3 Å². The summed E-state index contributed by atoms with van der Waals surface area (Å²) in [7, 11) is -3.94. The third kappa shape index (κ3) is 8.37. The van der Waals surface area contributed by atoms with Crippen molar-refractivity contribution < 1.29 is 23.2 Å². The molecule has 0 radical (unpaired) electrons. The zero-order valence-corrected chi connectivity index (χ0v) is 29.2. The number of nitrogens with one attached hydrogen (secondary N) is 1. The van der Waals surface area contributed by atoms with Crippen LogP contribution in [0, 0.1) is 10.1 Å². The molecule has 0 amide bonds. The summed E-state index contributed by atoms with van der Waals surface area (Å²) in [4.78, 5) is 22.3. The van der Waals surface area contributed by atoms with Crippen LogP contribution in [0.25, 0.3) is 10.9 Å². The summed E-state index contributed by atoms with van der Waals surface area (Å²) in [5.74, 6) is -1.49. The van der Waals surface area contributed by atoms with Gasteiger partial charge >= 0.3 is 5.97 Å². The minimum absolute atomic E-state index is 0.0625. The molecule has 260 valence electrons. The number of rotatable bonds is 15. The molecule has 2 N–H and O–H groups in total. The van der Waals surface area contributed by atoms with Crippen LogP contribution >= 0.6 is 11.6 Å². The summed E-state index contributed by atoms with van der Waals surface area (Å²) in [6.07, 6.45) is 2.44. The number of nitrogens with zero attached hydrogens (tertiary/aromatic N) is 2. The van der Waals surface area contributed by atoms with Crippen LogP contribution in [-0.4, -0.2) is 35.5 Å². The lowest BCUT2D eigenvalue weighted by atomic mass is 9.97. The molecule has 5 aromatic carbocycles. The number of nitro benzene ring substituents is 1. The van der Waals surface area contributed by atoms with Crippen LogP contribution in [-0.2, 0) is 35.0 Å². The third-order valence-corrected chi connectivity index (χ3v) is 10.6. The molecule has 1 heterocycles. The number of hydrogen-bond acceptors (Lipinski definition) is 5. The van der Waals surface area contributed by atoms with E-state index >= 15 is 0 Å². The fourth-order valence-corrected chi connectivity index (χ4v) is 8.03. The van der Waals surface area contributed by atoms with Crippen LogP contribution in [0.3, 0.4) is 0 Å². The van der Waals surface area contributed by atoms with Gasteiger partial charge in [0, 0.05) is 46.2 Å². The summed E-state index contributed by atoms with van der Waals surface area (Å²) in [6.45, 7) is 0.0625. The molecule has 9 nitrogen and oxygen atoms in total. The molecule has 0 atom stereocenters. The Morgan fingerprint density at radius 2 is 1.45 bits per heavy atom. The molecule has 6 aromatic rings. The van der Waals surface area contributed by atoms with Gasteiger partial charge in [0.2, 0.25) is 10.0 Å². The zero-order valence-electron chi connectivity index (χ0n) is 27.6. The van der Waals surface area contributed by atoms with E-state index in [2.05, 4.69) is 33.6 Å². The maximum absolute atomic E-state index is 13.3. The largest absolute Gasteiger partial charge is 0.478 e. The number of fused-ring (bicyclic) bond motifs is 1. The van der Waals surface area contributed by atoms with Gasteiger partial charge in [0.25, 0.3) is 5.69 Å². The Morgan fingerprint density at radius 3 is 2.08 bits per heavy atom. The van der Waals surface area contributed by atoms with Crippen molar-refractivity contribution in [2.24, 2.45) is 0 Å². The standard InChI is InChI=1S/C40H36ClN3O6S/c41-33-22-23-37-35(26-33)34(16-9-10-28-18-20-31(21-19-28)40(45)46)38(24-25-42-51(49,50)27-32-15-7-8-17-36(32)44(47)48)43(37)39(29-11-3-1-4-12-29)30-13-5-2-6-14-30/h1-8,11-15,17-23,26,39,42H,9-10,16,24-25,27H2,(H,45,46). The van der Waals surface area contributed by atoms with Crippen LogP contribution in [0.15, 0.2) is 127 Å². The van der Waals surface area contributed by atoms with Crippen molar-refractivity contribution in [1.82, 2.24) is 9.29 Å². The summed E-state index contributed by atoms with van der Waals surface area (Å²) in [5.41, 5.74) is 6.17. The fraction of sp³-hybridized carbons (Fsp3) is 0.175. The molecule has 0 saturated carbocycles. The van der Waals surface area contributed by atoms with Gasteiger partial charge in [-0.25, -0.2) is 17.9 Å². The highest BCUT2D eigenvalue weighted by molar-refractivity contribution is 7.88. The first-order chi connectivity index (χ1) is 24.6. The van der Waals surface area contributed by atoms with Gasteiger partial charge in [-0.1, -0.05) is 103 Å². The molecule has 1 aromatic heterocycles. The predicted octanol–water partition coefficient (Wildman–Crippen LogP) is 8.38. The number of carboxylic acids is 1. The highest BCUT2D eigenvalue weighted by Gasteiger charge is 2.26. The van der Waals surface area contributed by atoms with E-state index in [-0.39, 0.29) is 29.4 Å². The van der Waals surface area contributed by atoms with Crippen LogP contribution < -0.4 is 4.72 Å². The van der Waals surface area contributed by atoms with Crippen molar-refractivity contribution in [1.29, 1.82) is 0 Å². The molecule has 51 heavy (non-hydrogen) atoms. The Hall–Kier alpha value is -5.29. The van der Waals surface area contributed by atoms with Crippen LogP contribution in [0.4, 0.5) is 5.69 Å². The molecule has 11 heteroatoms. The normalized spacial score (nSPS) is 11.6. The van der Waals surface area contributed by atoms with Gasteiger partial charge in [-0.15, -0.1) is 0 Å². The monoisotopic (exact) mass is 721 g/mol. The van der Waals surface area contributed by atoms with Crippen molar-refractivity contribution in [3.8, 4) is 0 Å². The number of aryl methyl sites for hydroxylation is 2. The second kappa shape index (κ2) is 15.7. The SMILES string of the molecule is O=C(O)c1ccc(CCCc2c(CCNS(=O)(=O)Cc3ccccc3[N+](=O)[O-])n(C(c3ccccc3)c3ccccc3)c3ccc(Cl)cc23)cc1. The zero-order chi connectivity index (χ0) is 36.0. The second-order valence-corrected chi connectivity index (χ2v) is 14.6. The first kappa shape index (κ1) is 35.5. The molecular formula is C40H36ClN3O6S. The van der Waals surface area contributed by atoms with E-state index in [0.29, 0.717) is 24.3 Å². The number of aromatic nitrogens is 1. The van der Waals surface area contributed by atoms with Gasteiger partial charge in [-0.3, -0.25) is 10.1 Å². The quantitative estimate of drug-likeness (QED) is 0.0809. The summed E-state index contributed by atoms with van der Waals surface area (Å²) >= 11 is 6.62. The Labute approximate surface area is 301 Å². The molecule has 0 bridgehead atoms. The number of halogens is 1. The van der Waals surface area contributed by atoms with Crippen molar-refractivity contribution in [3.05, 3.63) is 182 Å². The topological polar surface area (TPSA) is 132 Å². The molecule has 0 fully saturated rings. The van der Waals surface area contributed by atoms with Crippen molar-refractivity contribution in [2.75, 3.05) is 6.54 Å². The van der Waals surface area contributed by atoms with Crippen LogP contribution in [0.1, 0.15) is 56.3 Å². The molecule has 0 unspecified atom stereocenters. The Morgan fingerprint density at radius 1 is 0.824 bits per heavy atom. The lowest BCUT2D eigenvalue weighted by Gasteiger charge is -2.25. The van der Waals surface area contributed by atoms with Crippen molar-refractivity contribution in [3.63, 3.8) is 0 Å². The van der Waals surface area contributed by atoms with Gasteiger partial charge in [-0.05, 0) is 71.8 Å². The van der Waals surface area contributed by atoms with E-state index in [0.717, 1.165) is 45.3 Å². The van der Waals surface area contributed by atoms with Gasteiger partial charge < -0.3 is 9.67 Å². The molecule has 0 aliphatic rings. The number of hydrogen-bond donors (Lipinski definition) is 2. The summed E-state index contributed by atoms with van der Waals surface area (Å²) in [5, 5.41) is 22.4. The average molecular weight is 722 g/mol. The highest BCUT2D eigenvalue weighted by Crippen LogP contribution is 2.38. The highest BCUT2D eigenvalue weighted by atomic mass is 35.5. The maximum atomic E-state index is 13.3. The Balaban J connectivity index is 1.40. The smallest absolute Gasteiger partial charge is 0.335 e. The molecular weight excluding hydrogens is 686 g/mol. The minimum Gasteiger partial charge on any atom is -0.478 e. The average Bonchev–Trinajstić information content (AvgIpc) is 3.40. The minimum atomic E-state index is -3.94. The van der Waals surface area contributed by atoms with Crippen molar-refractivity contribution in [2.45, 2.75) is 37.5 Å². The van der Waals surface area contributed by atoms with Crippen LogP contribution in [0.5, 0.6) is 0 Å². The summed E-state index contributed by atoms with van der Waals surface area (Å²) < 4.78 is 31.6. The lowest BCUT2D eigenvalue weighted by molar-refractivity contribution is -0.385. The number of sulfonamides is 1. The van der Waals surface area contributed by atoms with E-state index in [1.807, 2.05) is 66.7 Å². The number of benzene rings is 5. The summed E-state index contributed by atoms with van der Waals surface area (Å²) in [6, 6.07) is 38.6. The molecule has 0 saturated heterocycles. The Kier molecular flexibility index (Phi) is 11.0. The van der Waals surface area contributed by atoms with Gasteiger partial charge in [-0.2, -0.15) is 0 Å². The molecule has 6 rings (SSSR count). The maximum Gasteiger partial charge on any atom is 0.335 e. The van der Waals surface area contributed by atoms with E-state index in [4.69, 9.17) is 11.6 Å². The van der Waals surface area contributed by atoms with E-state index in [1.54, 1.807) is 18.2 Å².